The van der Waals surface area contributed by atoms with Crippen LogP contribution in [0.15, 0.2) is 49.6 Å². The number of aliphatic hydroxyl groups excluding tert-OH is 1. The van der Waals surface area contributed by atoms with E-state index < -0.39 is 33.4 Å². The third kappa shape index (κ3) is 5.52. The summed E-state index contributed by atoms with van der Waals surface area (Å²) in [4.78, 5) is 51.1. The van der Waals surface area contributed by atoms with Crippen LogP contribution in [0.2, 0.25) is 0 Å². The maximum absolute atomic E-state index is 14.9. The van der Waals surface area contributed by atoms with Gasteiger partial charge in [0.2, 0.25) is 11.8 Å². The molecule has 3 heterocycles. The largest absolute Gasteiger partial charge is 0.394 e. The van der Waals surface area contributed by atoms with Crippen LogP contribution in [0.25, 0.3) is 0 Å². The molecule has 43 heavy (non-hydrogen) atoms. The topological polar surface area (TPSA) is 84.4 Å². The molecular weight excluding hydrogens is 560 g/mol. The predicted molar refractivity (Wildman–Crippen MR) is 176 cm³/mol. The van der Waals surface area contributed by atoms with Crippen molar-refractivity contribution in [3.63, 3.8) is 0 Å². The highest BCUT2D eigenvalue weighted by Gasteiger charge is 2.78. The zero-order valence-electron chi connectivity index (χ0n) is 26.6. The maximum Gasteiger partial charge on any atom is 0.251 e. The fourth-order valence-electron chi connectivity index (χ4n) is 7.77. The number of thioether (sulfide) groups is 1. The van der Waals surface area contributed by atoms with E-state index in [1.807, 2.05) is 43.0 Å². The third-order valence-electron chi connectivity index (χ3n) is 9.81. The molecule has 1 aromatic carbocycles. The lowest BCUT2D eigenvalue weighted by Crippen LogP contribution is -2.57. The van der Waals surface area contributed by atoms with E-state index in [1.54, 1.807) is 33.7 Å². The number of nitrogens with zero attached hydrogens (tertiary/aromatic N) is 4. The highest BCUT2D eigenvalue weighted by Crippen LogP contribution is 2.72. The molecule has 0 aromatic heterocycles. The van der Waals surface area contributed by atoms with Crippen LogP contribution in [0.1, 0.15) is 60.3 Å². The van der Waals surface area contributed by atoms with E-state index >= 15 is 0 Å². The first-order chi connectivity index (χ1) is 20.6. The fourth-order valence-corrected chi connectivity index (χ4v) is 10.1. The van der Waals surface area contributed by atoms with Gasteiger partial charge in [0.1, 0.15) is 6.04 Å². The van der Waals surface area contributed by atoms with Crippen molar-refractivity contribution in [3.05, 3.63) is 49.6 Å². The zero-order chi connectivity index (χ0) is 31.5. The van der Waals surface area contributed by atoms with E-state index in [9.17, 15) is 19.5 Å². The molecule has 8 nitrogen and oxygen atoms in total. The number of hydrogen-bond acceptors (Lipinski definition) is 6. The minimum absolute atomic E-state index is 0.0308. The summed E-state index contributed by atoms with van der Waals surface area (Å²) in [5.41, 5.74) is 1.82. The van der Waals surface area contributed by atoms with E-state index in [1.165, 1.54) is 0 Å². The Morgan fingerprint density at radius 1 is 1.05 bits per heavy atom. The second-order valence-electron chi connectivity index (χ2n) is 12.2. The number of benzene rings is 1. The molecule has 6 atom stereocenters. The summed E-state index contributed by atoms with van der Waals surface area (Å²) in [7, 11) is 0. The van der Waals surface area contributed by atoms with Crippen molar-refractivity contribution >= 4 is 40.9 Å². The first-order valence-electron chi connectivity index (χ1n) is 15.9. The first kappa shape index (κ1) is 33.1. The molecule has 1 aromatic rings. The molecule has 0 aliphatic carbocycles. The standard InChI is InChI=1S/C34H50N4O4S/c1-8-20-36(21-9-2)30(40)27-28-31(41)38(24(11-4)23-39)29(34(28)19-18-33(27,7)43-34)32(42)37(22-10-3)26-16-14-25(15-17-26)35(12-5)13-6/h8,10,14-17,24,27-29,39H,1,3,9,11-13,18-23H2,2,4-7H3/t24-,27+,28-,29?,33-,34?/m0/s1. The molecule has 3 fully saturated rings. The van der Waals surface area contributed by atoms with E-state index in [-0.39, 0.29) is 30.9 Å². The molecule has 1 N–H and O–H groups in total. The highest BCUT2D eigenvalue weighted by molar-refractivity contribution is 8.02. The fraction of sp³-hybridized carbons (Fsp3) is 0.618. The van der Waals surface area contributed by atoms with Gasteiger partial charge in [-0.3, -0.25) is 14.4 Å². The van der Waals surface area contributed by atoms with Gasteiger partial charge in [-0.15, -0.1) is 24.9 Å². The van der Waals surface area contributed by atoms with Crippen LogP contribution in [0.4, 0.5) is 11.4 Å². The van der Waals surface area contributed by atoms with Crippen molar-refractivity contribution < 1.29 is 19.5 Å². The highest BCUT2D eigenvalue weighted by atomic mass is 32.2. The summed E-state index contributed by atoms with van der Waals surface area (Å²) < 4.78 is -1.21. The Bertz CT molecular complexity index is 1200. The molecule has 9 heteroatoms. The van der Waals surface area contributed by atoms with Crippen LogP contribution in [-0.2, 0) is 14.4 Å². The number of carbonyl (C=O) groups is 3. The summed E-state index contributed by atoms with van der Waals surface area (Å²) >= 11 is 1.67. The average Bonchev–Trinajstić information content (AvgIpc) is 3.58. The number of hydrogen-bond donors (Lipinski definition) is 1. The Balaban J connectivity index is 1.80. The molecule has 3 amide bonds. The first-order valence-corrected chi connectivity index (χ1v) is 16.7. The van der Waals surface area contributed by atoms with Crippen LogP contribution in [0, 0.1) is 11.8 Å². The van der Waals surface area contributed by atoms with Gasteiger partial charge in [-0.05, 0) is 70.7 Å². The van der Waals surface area contributed by atoms with Gasteiger partial charge in [0.15, 0.2) is 0 Å². The number of likely N-dealkylation sites (tertiary alicyclic amines) is 1. The second-order valence-corrected chi connectivity index (χ2v) is 14.1. The number of aliphatic hydroxyl groups is 1. The number of rotatable bonds is 15. The molecule has 3 aliphatic heterocycles. The lowest BCUT2D eigenvalue weighted by molar-refractivity contribution is -0.146. The van der Waals surface area contributed by atoms with Crippen molar-refractivity contribution in [2.45, 2.75) is 81.9 Å². The van der Waals surface area contributed by atoms with Crippen LogP contribution in [0.5, 0.6) is 0 Å². The summed E-state index contributed by atoms with van der Waals surface area (Å²) in [5.74, 6) is -1.56. The Hall–Kier alpha value is -2.78. The SMILES string of the molecule is C=CCN(CCC)C(=O)[C@H]1[C@H]2C(=O)N([C@@H](CC)CO)C(C(=O)N(CC=C)c3ccc(N(CC)CC)cc3)C23CC[C@]1(C)S3. The van der Waals surface area contributed by atoms with Crippen molar-refractivity contribution in [2.24, 2.45) is 11.8 Å². The normalized spacial score (nSPS) is 28.0. The second kappa shape index (κ2) is 13.5. The number of amides is 3. The van der Waals surface area contributed by atoms with Crippen LogP contribution in [-0.4, -0.2) is 93.5 Å². The Labute approximate surface area is 262 Å². The molecule has 0 saturated carbocycles. The smallest absolute Gasteiger partial charge is 0.251 e. The van der Waals surface area contributed by atoms with Crippen molar-refractivity contribution in [1.82, 2.24) is 9.80 Å². The van der Waals surface area contributed by atoms with Gasteiger partial charge in [0, 0.05) is 48.8 Å². The zero-order valence-corrected chi connectivity index (χ0v) is 27.4. The van der Waals surface area contributed by atoms with Gasteiger partial charge in [0.05, 0.1) is 29.2 Å². The average molecular weight is 611 g/mol. The summed E-state index contributed by atoms with van der Waals surface area (Å²) in [6.07, 6.45) is 6.17. The third-order valence-corrected chi connectivity index (χ3v) is 11.8. The number of fused-ring (bicyclic) bond motifs is 1. The van der Waals surface area contributed by atoms with Gasteiger partial charge < -0.3 is 24.7 Å². The van der Waals surface area contributed by atoms with E-state index in [0.29, 0.717) is 25.9 Å². The molecule has 3 aliphatic rings. The van der Waals surface area contributed by atoms with Crippen molar-refractivity contribution in [3.8, 4) is 0 Å². The minimum Gasteiger partial charge on any atom is -0.394 e. The lowest BCUT2D eigenvalue weighted by Gasteiger charge is -2.39. The quantitative estimate of drug-likeness (QED) is 0.289. The summed E-state index contributed by atoms with van der Waals surface area (Å²) in [6.45, 7) is 20.9. The maximum atomic E-state index is 14.9. The molecule has 236 valence electrons. The molecule has 3 saturated heterocycles. The molecule has 2 unspecified atom stereocenters. The molecular formula is C34H50N4O4S. The summed E-state index contributed by atoms with van der Waals surface area (Å²) in [5, 5.41) is 10.4. The number of anilines is 2. The molecule has 1 spiro atoms. The minimum atomic E-state index is -0.798. The molecule has 0 radical (unpaired) electrons. The van der Waals surface area contributed by atoms with Crippen molar-refractivity contribution in [1.29, 1.82) is 0 Å². The predicted octanol–water partition coefficient (Wildman–Crippen LogP) is 4.73. The molecule has 2 bridgehead atoms. The van der Waals surface area contributed by atoms with Gasteiger partial charge in [0.25, 0.3) is 5.91 Å². The monoisotopic (exact) mass is 610 g/mol. The Morgan fingerprint density at radius 2 is 1.67 bits per heavy atom. The van der Waals surface area contributed by atoms with Gasteiger partial charge in [-0.2, -0.15) is 0 Å². The van der Waals surface area contributed by atoms with Crippen LogP contribution in [0.3, 0.4) is 0 Å². The van der Waals surface area contributed by atoms with Crippen LogP contribution >= 0.6 is 11.8 Å². The Kier molecular flexibility index (Phi) is 10.4. The molecule has 4 rings (SSSR count). The number of carbonyl (C=O) groups excluding carboxylic acids is 3. The van der Waals surface area contributed by atoms with Crippen molar-refractivity contribution in [2.75, 3.05) is 49.1 Å². The lowest BCUT2D eigenvalue weighted by atomic mass is 9.66. The van der Waals surface area contributed by atoms with Gasteiger partial charge >= 0.3 is 0 Å². The van der Waals surface area contributed by atoms with E-state index in [0.717, 1.165) is 37.3 Å². The van der Waals surface area contributed by atoms with Gasteiger partial charge in [-0.1, -0.05) is 26.0 Å². The van der Waals surface area contributed by atoms with Gasteiger partial charge in [-0.25, -0.2) is 0 Å². The van der Waals surface area contributed by atoms with Crippen LogP contribution < -0.4 is 9.80 Å². The Morgan fingerprint density at radius 3 is 2.21 bits per heavy atom. The van der Waals surface area contributed by atoms with E-state index in [4.69, 9.17) is 0 Å². The summed E-state index contributed by atoms with van der Waals surface area (Å²) in [6, 6.07) is 6.66. The van der Waals surface area contributed by atoms with E-state index in [2.05, 4.69) is 38.8 Å².